The third kappa shape index (κ3) is 6.02. The third-order valence-electron chi connectivity index (χ3n) is 5.03. The first-order valence-electron chi connectivity index (χ1n) is 10.8. The lowest BCUT2D eigenvalue weighted by molar-refractivity contribution is -0.121. The number of hydrogen-bond acceptors (Lipinski definition) is 7. The van der Waals surface area contributed by atoms with Gasteiger partial charge >= 0.3 is 0 Å². The molecule has 2 aromatic carbocycles. The summed E-state index contributed by atoms with van der Waals surface area (Å²) in [5.41, 5.74) is 1.82. The van der Waals surface area contributed by atoms with E-state index in [1.165, 1.54) is 13.0 Å². The molecule has 3 aromatic rings. The number of benzene rings is 2. The van der Waals surface area contributed by atoms with Crippen LogP contribution in [0.15, 0.2) is 59.4 Å². The lowest BCUT2D eigenvalue weighted by Gasteiger charge is -2.10. The van der Waals surface area contributed by atoms with Gasteiger partial charge in [-0.05, 0) is 48.5 Å². The van der Waals surface area contributed by atoms with Gasteiger partial charge in [0.05, 0.1) is 5.69 Å². The molecule has 11 nitrogen and oxygen atoms in total. The van der Waals surface area contributed by atoms with Crippen LogP contribution in [0.5, 0.6) is 11.5 Å². The first-order chi connectivity index (χ1) is 16.9. The SMILES string of the molecule is CC(=O)Nc1ccc(C(=O)NCCNC(=O)Cn2nc(-c3ccc4c(c3)OCO4)ccc2=O)cc1. The monoisotopic (exact) mass is 477 g/mol. The summed E-state index contributed by atoms with van der Waals surface area (Å²) in [6.07, 6.45) is 0. The molecule has 11 heteroatoms. The molecule has 0 unspecified atom stereocenters. The average Bonchev–Trinajstić information content (AvgIpc) is 3.31. The summed E-state index contributed by atoms with van der Waals surface area (Å²) < 4.78 is 11.7. The molecule has 3 amide bonds. The Hall–Kier alpha value is -4.67. The van der Waals surface area contributed by atoms with Crippen LogP contribution in [0.25, 0.3) is 11.3 Å². The van der Waals surface area contributed by atoms with Crippen molar-refractivity contribution in [3.63, 3.8) is 0 Å². The molecule has 0 bridgehead atoms. The maximum Gasteiger partial charge on any atom is 0.267 e. The van der Waals surface area contributed by atoms with Crippen LogP contribution < -0.4 is 31.0 Å². The molecule has 0 fully saturated rings. The van der Waals surface area contributed by atoms with Gasteiger partial charge in [0, 0.05) is 42.9 Å². The second-order valence-corrected chi connectivity index (χ2v) is 7.65. The maximum atomic E-state index is 12.3. The van der Waals surface area contributed by atoms with Crippen molar-refractivity contribution in [2.24, 2.45) is 0 Å². The highest BCUT2D eigenvalue weighted by Gasteiger charge is 2.15. The molecule has 3 N–H and O–H groups in total. The smallest absolute Gasteiger partial charge is 0.267 e. The van der Waals surface area contributed by atoms with E-state index in [-0.39, 0.29) is 38.2 Å². The van der Waals surface area contributed by atoms with Crippen molar-refractivity contribution >= 4 is 23.4 Å². The molecule has 0 saturated heterocycles. The van der Waals surface area contributed by atoms with Crippen LogP contribution in [-0.2, 0) is 16.1 Å². The van der Waals surface area contributed by atoms with E-state index in [0.29, 0.717) is 28.4 Å². The van der Waals surface area contributed by atoms with E-state index >= 15 is 0 Å². The highest BCUT2D eigenvalue weighted by Crippen LogP contribution is 2.35. The van der Waals surface area contributed by atoms with E-state index in [1.807, 2.05) is 0 Å². The lowest BCUT2D eigenvalue weighted by atomic mass is 10.1. The van der Waals surface area contributed by atoms with E-state index in [0.717, 1.165) is 10.2 Å². The normalized spacial score (nSPS) is 11.6. The van der Waals surface area contributed by atoms with Crippen LogP contribution in [0.1, 0.15) is 17.3 Å². The Morgan fingerprint density at radius 1 is 0.943 bits per heavy atom. The number of carbonyl (C=O) groups is 3. The van der Waals surface area contributed by atoms with Gasteiger partial charge in [-0.2, -0.15) is 5.10 Å². The molecule has 0 spiro atoms. The molecule has 1 aromatic heterocycles. The van der Waals surface area contributed by atoms with Crippen molar-refractivity contribution in [3.05, 3.63) is 70.5 Å². The molecule has 4 rings (SSSR count). The minimum Gasteiger partial charge on any atom is -0.454 e. The van der Waals surface area contributed by atoms with E-state index in [2.05, 4.69) is 21.0 Å². The molecule has 180 valence electrons. The molecule has 1 aliphatic rings. The number of hydrogen-bond donors (Lipinski definition) is 3. The number of amides is 3. The van der Waals surface area contributed by atoms with Gasteiger partial charge in [0.1, 0.15) is 6.54 Å². The number of ether oxygens (including phenoxy) is 2. The van der Waals surface area contributed by atoms with Crippen LogP contribution in [0.3, 0.4) is 0 Å². The number of anilines is 1. The quantitative estimate of drug-likeness (QED) is 0.413. The number of rotatable bonds is 8. The average molecular weight is 477 g/mol. The molecule has 35 heavy (non-hydrogen) atoms. The van der Waals surface area contributed by atoms with Crippen molar-refractivity contribution in [1.82, 2.24) is 20.4 Å². The second kappa shape index (κ2) is 10.5. The summed E-state index contributed by atoms with van der Waals surface area (Å²) >= 11 is 0. The topological polar surface area (TPSA) is 141 Å². The molecule has 0 aliphatic carbocycles. The maximum absolute atomic E-state index is 12.3. The summed E-state index contributed by atoms with van der Waals surface area (Å²) in [6.45, 7) is 1.65. The van der Waals surface area contributed by atoms with Crippen LogP contribution >= 0.6 is 0 Å². The van der Waals surface area contributed by atoms with Crippen LogP contribution in [0, 0.1) is 0 Å². The highest BCUT2D eigenvalue weighted by molar-refractivity contribution is 5.95. The molecule has 0 radical (unpaired) electrons. The first kappa shape index (κ1) is 23.5. The number of nitrogens with zero attached hydrogens (tertiary/aromatic N) is 2. The summed E-state index contributed by atoms with van der Waals surface area (Å²) in [5.74, 6) is 0.287. The standard InChI is InChI=1S/C24H23N5O6/c1-15(30)27-18-5-2-16(3-6-18)24(33)26-11-10-25-22(31)13-29-23(32)9-7-19(28-29)17-4-8-20-21(12-17)35-14-34-20/h2-9,12H,10-11,13-14H2,1H3,(H,25,31)(H,26,33)(H,27,30). The van der Waals surface area contributed by atoms with Gasteiger partial charge in [-0.1, -0.05) is 0 Å². The molecule has 1 aliphatic heterocycles. The predicted molar refractivity (Wildman–Crippen MR) is 126 cm³/mol. The summed E-state index contributed by atoms with van der Waals surface area (Å²) in [4.78, 5) is 47.8. The van der Waals surface area contributed by atoms with Gasteiger partial charge in [-0.25, -0.2) is 4.68 Å². The zero-order valence-corrected chi connectivity index (χ0v) is 18.9. The number of aromatic nitrogens is 2. The summed E-state index contributed by atoms with van der Waals surface area (Å²) in [7, 11) is 0. The summed E-state index contributed by atoms with van der Waals surface area (Å²) in [5, 5.41) is 12.2. The van der Waals surface area contributed by atoms with Gasteiger partial charge in [-0.3, -0.25) is 19.2 Å². The fraction of sp³-hybridized carbons (Fsp3) is 0.208. The molecule has 2 heterocycles. The van der Waals surface area contributed by atoms with Crippen molar-refractivity contribution in [1.29, 1.82) is 0 Å². The third-order valence-corrected chi connectivity index (χ3v) is 5.03. The van der Waals surface area contributed by atoms with Crippen LogP contribution in [0.2, 0.25) is 0 Å². The number of nitrogens with one attached hydrogen (secondary N) is 3. The van der Waals surface area contributed by atoms with Gasteiger partial charge in [0.2, 0.25) is 18.6 Å². The van der Waals surface area contributed by atoms with E-state index < -0.39 is 11.5 Å². The Labute approximate surface area is 200 Å². The van der Waals surface area contributed by atoms with Gasteiger partial charge in [-0.15, -0.1) is 0 Å². The van der Waals surface area contributed by atoms with Crippen molar-refractivity contribution in [3.8, 4) is 22.8 Å². The van der Waals surface area contributed by atoms with Crippen LogP contribution in [0.4, 0.5) is 5.69 Å². The number of fused-ring (bicyclic) bond motifs is 1. The van der Waals surface area contributed by atoms with Crippen LogP contribution in [-0.4, -0.2) is 47.4 Å². The van der Waals surface area contributed by atoms with Crippen molar-refractivity contribution < 1.29 is 23.9 Å². The molecule has 0 saturated carbocycles. The fourth-order valence-corrected chi connectivity index (χ4v) is 3.35. The Bertz CT molecular complexity index is 1320. The largest absolute Gasteiger partial charge is 0.454 e. The van der Waals surface area contributed by atoms with E-state index in [9.17, 15) is 19.2 Å². The molecule has 0 atom stereocenters. The Morgan fingerprint density at radius 3 is 2.46 bits per heavy atom. The predicted octanol–water partition coefficient (Wildman–Crippen LogP) is 1.14. The highest BCUT2D eigenvalue weighted by atomic mass is 16.7. The number of carbonyl (C=O) groups excluding carboxylic acids is 3. The second-order valence-electron chi connectivity index (χ2n) is 7.65. The van der Waals surface area contributed by atoms with Crippen molar-refractivity contribution in [2.75, 3.05) is 25.2 Å². The summed E-state index contributed by atoms with van der Waals surface area (Å²) in [6, 6.07) is 14.7. The lowest BCUT2D eigenvalue weighted by Crippen LogP contribution is -2.38. The van der Waals surface area contributed by atoms with Gasteiger partial charge in [0.15, 0.2) is 11.5 Å². The Balaban J connectivity index is 1.27. The van der Waals surface area contributed by atoms with Gasteiger partial charge < -0.3 is 25.4 Å². The Morgan fingerprint density at radius 2 is 1.69 bits per heavy atom. The van der Waals surface area contributed by atoms with E-state index in [1.54, 1.807) is 48.5 Å². The zero-order valence-electron chi connectivity index (χ0n) is 18.9. The first-order valence-corrected chi connectivity index (χ1v) is 10.8. The zero-order chi connectivity index (χ0) is 24.8. The minimum atomic E-state index is -0.420. The van der Waals surface area contributed by atoms with Gasteiger partial charge in [0.25, 0.3) is 11.5 Å². The molecular weight excluding hydrogens is 454 g/mol. The Kier molecular flexibility index (Phi) is 7.05. The molecular formula is C24H23N5O6. The van der Waals surface area contributed by atoms with Crippen molar-refractivity contribution in [2.45, 2.75) is 13.5 Å². The minimum absolute atomic E-state index is 0.150. The van der Waals surface area contributed by atoms with E-state index in [4.69, 9.17) is 9.47 Å². The fourth-order valence-electron chi connectivity index (χ4n) is 3.35.